The Labute approximate surface area is 123 Å². The van der Waals surface area contributed by atoms with Gasteiger partial charge in [-0.25, -0.2) is 4.98 Å². The topological polar surface area (TPSA) is 75.8 Å². The number of nitrogens with one attached hydrogen (secondary N) is 2. The molecule has 2 heterocycles. The van der Waals surface area contributed by atoms with E-state index >= 15 is 0 Å². The van der Waals surface area contributed by atoms with E-state index < -0.39 is 0 Å². The van der Waals surface area contributed by atoms with E-state index in [2.05, 4.69) is 27.1 Å². The maximum Gasteiger partial charge on any atom is 0.158 e. The first kappa shape index (κ1) is 13.0. The van der Waals surface area contributed by atoms with Crippen molar-refractivity contribution in [1.82, 2.24) is 20.2 Å². The maximum atomic E-state index is 6.15. The zero-order chi connectivity index (χ0) is 14.5. The minimum atomic E-state index is -0.293. The SMILES string of the molecule is COCOC12CCC(C)(CC1)c1[nH]nc(-c3ncc[nH]3)c12. The van der Waals surface area contributed by atoms with Gasteiger partial charge in [0.1, 0.15) is 18.1 Å². The predicted octanol–water partition coefficient (Wildman–Crippen LogP) is 2.46. The van der Waals surface area contributed by atoms with Crippen LogP contribution in [0.25, 0.3) is 11.5 Å². The molecule has 1 saturated carbocycles. The average Bonchev–Trinajstić information content (AvgIpc) is 3.16. The number of fused-ring (bicyclic) bond motifs is 2. The second-order valence-electron chi connectivity index (χ2n) is 6.37. The molecule has 0 radical (unpaired) electrons. The Balaban J connectivity index is 1.88. The van der Waals surface area contributed by atoms with Crippen LogP contribution in [0.5, 0.6) is 0 Å². The fourth-order valence-corrected chi connectivity index (χ4v) is 3.88. The van der Waals surface area contributed by atoms with E-state index in [9.17, 15) is 0 Å². The summed E-state index contributed by atoms with van der Waals surface area (Å²) in [6.07, 6.45) is 7.82. The number of imidazole rings is 1. The van der Waals surface area contributed by atoms with Gasteiger partial charge >= 0.3 is 0 Å². The molecule has 2 aromatic heterocycles. The molecule has 21 heavy (non-hydrogen) atoms. The van der Waals surface area contributed by atoms with Crippen LogP contribution in [0.1, 0.15) is 43.9 Å². The van der Waals surface area contributed by atoms with Gasteiger partial charge in [-0.2, -0.15) is 5.10 Å². The highest BCUT2D eigenvalue weighted by molar-refractivity contribution is 5.61. The summed E-state index contributed by atoms with van der Waals surface area (Å²) in [7, 11) is 1.66. The predicted molar refractivity (Wildman–Crippen MR) is 76.6 cm³/mol. The number of aromatic nitrogens is 4. The van der Waals surface area contributed by atoms with Crippen molar-refractivity contribution in [3.8, 4) is 11.5 Å². The molecular formula is C15H20N4O2. The van der Waals surface area contributed by atoms with Crippen LogP contribution in [0.2, 0.25) is 0 Å². The summed E-state index contributed by atoms with van der Waals surface area (Å²) in [5.74, 6) is 0.795. The molecule has 6 nitrogen and oxygen atoms in total. The van der Waals surface area contributed by atoms with Crippen molar-refractivity contribution in [2.24, 2.45) is 0 Å². The lowest BCUT2D eigenvalue weighted by molar-refractivity contribution is -0.164. The van der Waals surface area contributed by atoms with Crippen molar-refractivity contribution in [2.45, 2.75) is 43.6 Å². The summed E-state index contributed by atoms with van der Waals surface area (Å²) < 4.78 is 11.3. The molecule has 2 aromatic rings. The van der Waals surface area contributed by atoms with E-state index in [1.165, 1.54) is 11.3 Å². The smallest absolute Gasteiger partial charge is 0.158 e. The van der Waals surface area contributed by atoms with Gasteiger partial charge in [-0.3, -0.25) is 5.10 Å². The Morgan fingerprint density at radius 3 is 2.76 bits per heavy atom. The second kappa shape index (κ2) is 4.42. The summed E-state index contributed by atoms with van der Waals surface area (Å²) in [6.45, 7) is 2.62. The third-order valence-corrected chi connectivity index (χ3v) is 5.16. The van der Waals surface area contributed by atoms with Gasteiger partial charge in [0.2, 0.25) is 0 Å². The number of ether oxygens (including phenoxy) is 2. The van der Waals surface area contributed by atoms with E-state index in [0.717, 1.165) is 37.2 Å². The molecule has 6 heteroatoms. The van der Waals surface area contributed by atoms with Gasteiger partial charge in [-0.1, -0.05) is 6.92 Å². The molecule has 0 spiro atoms. The van der Waals surface area contributed by atoms with Crippen molar-refractivity contribution < 1.29 is 9.47 Å². The first-order valence-corrected chi connectivity index (χ1v) is 7.40. The summed E-state index contributed by atoms with van der Waals surface area (Å²) in [6, 6.07) is 0. The highest BCUT2D eigenvalue weighted by Crippen LogP contribution is 2.58. The van der Waals surface area contributed by atoms with E-state index in [-0.39, 0.29) is 11.0 Å². The minimum absolute atomic E-state index is 0.172. The van der Waals surface area contributed by atoms with Crippen molar-refractivity contribution in [1.29, 1.82) is 0 Å². The summed E-state index contributed by atoms with van der Waals surface area (Å²) in [5.41, 5.74) is 3.15. The molecule has 0 unspecified atom stereocenters. The zero-order valence-electron chi connectivity index (χ0n) is 12.4. The standard InChI is InChI=1S/C15H20N4O2/c1-14-3-5-15(6-4-14,21-9-20-2)10-11(18-19-12(10)14)13-16-7-8-17-13/h7-8H,3-6,9H2,1-2H3,(H,16,17)(H,18,19). The molecule has 2 bridgehead atoms. The lowest BCUT2D eigenvalue weighted by atomic mass is 9.58. The quantitative estimate of drug-likeness (QED) is 0.847. The number of methoxy groups -OCH3 is 1. The van der Waals surface area contributed by atoms with Crippen molar-refractivity contribution in [3.05, 3.63) is 23.7 Å². The highest BCUT2D eigenvalue weighted by atomic mass is 16.7. The fourth-order valence-electron chi connectivity index (χ4n) is 3.88. The van der Waals surface area contributed by atoms with Gasteiger partial charge in [-0.15, -0.1) is 0 Å². The number of hydrogen-bond donors (Lipinski definition) is 2. The molecule has 112 valence electrons. The second-order valence-corrected chi connectivity index (χ2v) is 6.37. The van der Waals surface area contributed by atoms with Crippen LogP contribution in [-0.2, 0) is 20.5 Å². The van der Waals surface area contributed by atoms with Crippen LogP contribution in [0.3, 0.4) is 0 Å². The first-order chi connectivity index (χ1) is 10.2. The molecule has 3 aliphatic carbocycles. The Kier molecular flexibility index (Phi) is 2.74. The van der Waals surface area contributed by atoms with Gasteiger partial charge in [-0.05, 0) is 25.7 Å². The third kappa shape index (κ3) is 1.72. The lowest BCUT2D eigenvalue weighted by Crippen LogP contribution is -2.47. The first-order valence-electron chi connectivity index (χ1n) is 7.40. The maximum absolute atomic E-state index is 6.15. The number of H-pyrrole nitrogens is 2. The van der Waals surface area contributed by atoms with Crippen LogP contribution in [-0.4, -0.2) is 34.1 Å². The van der Waals surface area contributed by atoms with E-state index in [1.807, 2.05) is 6.20 Å². The van der Waals surface area contributed by atoms with Gasteiger partial charge < -0.3 is 14.5 Å². The van der Waals surface area contributed by atoms with Gasteiger partial charge in [0.15, 0.2) is 5.82 Å². The van der Waals surface area contributed by atoms with Crippen molar-refractivity contribution in [3.63, 3.8) is 0 Å². The largest absolute Gasteiger partial charge is 0.359 e. The van der Waals surface area contributed by atoms with E-state index in [1.54, 1.807) is 13.3 Å². The Morgan fingerprint density at radius 1 is 1.29 bits per heavy atom. The Hall–Kier alpha value is -1.66. The summed E-state index contributed by atoms with van der Waals surface area (Å²) >= 11 is 0. The fraction of sp³-hybridized carbons (Fsp3) is 0.600. The molecule has 0 amide bonds. The average molecular weight is 288 g/mol. The Morgan fingerprint density at radius 2 is 2.10 bits per heavy atom. The van der Waals surface area contributed by atoms with Crippen LogP contribution < -0.4 is 0 Å². The van der Waals surface area contributed by atoms with E-state index in [0.29, 0.717) is 6.79 Å². The molecule has 5 rings (SSSR count). The normalized spacial score (nSPS) is 30.6. The van der Waals surface area contributed by atoms with Crippen molar-refractivity contribution in [2.75, 3.05) is 13.9 Å². The van der Waals surface area contributed by atoms with Gasteiger partial charge in [0.05, 0.1) is 0 Å². The van der Waals surface area contributed by atoms with Gasteiger partial charge in [0.25, 0.3) is 0 Å². The molecule has 1 fully saturated rings. The number of hydrogen-bond acceptors (Lipinski definition) is 4. The number of aromatic amines is 2. The van der Waals surface area contributed by atoms with Crippen LogP contribution >= 0.6 is 0 Å². The highest BCUT2D eigenvalue weighted by Gasteiger charge is 2.54. The number of nitrogens with zero attached hydrogens (tertiary/aromatic N) is 2. The van der Waals surface area contributed by atoms with Crippen molar-refractivity contribution >= 4 is 0 Å². The third-order valence-electron chi connectivity index (χ3n) is 5.16. The monoisotopic (exact) mass is 288 g/mol. The molecule has 0 saturated heterocycles. The molecule has 0 aliphatic heterocycles. The minimum Gasteiger partial charge on any atom is -0.359 e. The lowest BCUT2D eigenvalue weighted by Gasteiger charge is -2.50. The summed E-state index contributed by atoms with van der Waals surface area (Å²) in [5, 5.41) is 7.80. The molecule has 0 aromatic carbocycles. The number of rotatable bonds is 4. The Bertz CT molecular complexity index is 639. The van der Waals surface area contributed by atoms with Crippen LogP contribution in [0.4, 0.5) is 0 Å². The van der Waals surface area contributed by atoms with Crippen LogP contribution in [0.15, 0.2) is 12.4 Å². The molecular weight excluding hydrogens is 268 g/mol. The van der Waals surface area contributed by atoms with Gasteiger partial charge in [0, 0.05) is 36.2 Å². The zero-order valence-corrected chi connectivity index (χ0v) is 12.4. The molecule has 3 aliphatic rings. The van der Waals surface area contributed by atoms with Crippen LogP contribution in [0, 0.1) is 0 Å². The molecule has 2 N–H and O–H groups in total. The summed E-state index contributed by atoms with van der Waals surface area (Å²) in [4.78, 5) is 7.51. The van der Waals surface area contributed by atoms with E-state index in [4.69, 9.17) is 9.47 Å². The molecule has 0 atom stereocenters.